The standard InChI is InChI=1S/C57H108O6/c1-4-7-10-13-16-19-22-25-28-31-34-37-40-43-46-49-55(58)61-52-54(63-57(60)51-48-45-42-39-36-33-30-27-24-21-18-15-12-9-6-3)53-62-56(59)50-47-44-41-38-35-32-29-26-23-20-17-14-11-8-5-2/h25,28,54H,4-24,26-27,29-53H2,1-3H3/t54-/m0/s1. The van der Waals surface area contributed by atoms with Crippen LogP contribution < -0.4 is 0 Å². The molecule has 0 aliphatic heterocycles. The molecule has 1 atom stereocenters. The van der Waals surface area contributed by atoms with Crippen LogP contribution in [0, 0.1) is 0 Å². The third kappa shape index (κ3) is 51.0. The van der Waals surface area contributed by atoms with Crippen LogP contribution in [0.3, 0.4) is 0 Å². The molecule has 0 heterocycles. The molecular weight excluding hydrogens is 781 g/mol. The fourth-order valence-electron chi connectivity index (χ4n) is 8.50. The van der Waals surface area contributed by atoms with E-state index >= 15 is 0 Å². The summed E-state index contributed by atoms with van der Waals surface area (Å²) in [6, 6.07) is 0. The van der Waals surface area contributed by atoms with Gasteiger partial charge in [-0.05, 0) is 44.9 Å². The molecule has 0 radical (unpaired) electrons. The monoisotopic (exact) mass is 889 g/mol. The van der Waals surface area contributed by atoms with Crippen LogP contribution in [-0.4, -0.2) is 37.2 Å². The van der Waals surface area contributed by atoms with Crippen molar-refractivity contribution in [3.63, 3.8) is 0 Å². The van der Waals surface area contributed by atoms with Gasteiger partial charge in [0.25, 0.3) is 0 Å². The number of esters is 3. The Kier molecular flexibility index (Phi) is 51.2. The fourth-order valence-corrected chi connectivity index (χ4v) is 8.50. The molecule has 0 aromatic heterocycles. The van der Waals surface area contributed by atoms with Crippen LogP contribution in [0.15, 0.2) is 12.2 Å². The molecular formula is C57H108O6. The van der Waals surface area contributed by atoms with Crippen molar-refractivity contribution in [2.75, 3.05) is 13.2 Å². The highest BCUT2D eigenvalue weighted by atomic mass is 16.6. The van der Waals surface area contributed by atoms with E-state index in [0.717, 1.165) is 64.2 Å². The van der Waals surface area contributed by atoms with Gasteiger partial charge in [0.05, 0.1) is 0 Å². The minimum Gasteiger partial charge on any atom is -0.462 e. The number of hydrogen-bond donors (Lipinski definition) is 0. The van der Waals surface area contributed by atoms with E-state index in [1.807, 2.05) is 0 Å². The lowest BCUT2D eigenvalue weighted by Crippen LogP contribution is -2.30. The molecule has 0 saturated heterocycles. The van der Waals surface area contributed by atoms with Gasteiger partial charge < -0.3 is 14.2 Å². The normalized spacial score (nSPS) is 12.0. The summed E-state index contributed by atoms with van der Waals surface area (Å²) in [7, 11) is 0. The molecule has 372 valence electrons. The zero-order valence-electron chi connectivity index (χ0n) is 42.6. The number of carbonyl (C=O) groups is 3. The quantitative estimate of drug-likeness (QED) is 0.0262. The summed E-state index contributed by atoms with van der Waals surface area (Å²) in [4.78, 5) is 38.1. The Morgan fingerprint density at radius 2 is 0.524 bits per heavy atom. The first-order chi connectivity index (χ1) is 31.0. The van der Waals surface area contributed by atoms with E-state index < -0.39 is 6.10 Å². The molecule has 63 heavy (non-hydrogen) atoms. The highest BCUT2D eigenvalue weighted by Crippen LogP contribution is 2.17. The summed E-state index contributed by atoms with van der Waals surface area (Å²) in [5.74, 6) is -0.852. The van der Waals surface area contributed by atoms with E-state index in [9.17, 15) is 14.4 Å². The molecule has 0 N–H and O–H groups in total. The van der Waals surface area contributed by atoms with Crippen molar-refractivity contribution in [1.82, 2.24) is 0 Å². The molecule has 0 unspecified atom stereocenters. The molecule has 0 aromatic carbocycles. The Hall–Kier alpha value is -1.85. The molecule has 0 aliphatic rings. The molecule has 0 amide bonds. The summed E-state index contributed by atoms with van der Waals surface area (Å²) in [6.45, 7) is 6.68. The molecule has 0 fully saturated rings. The Morgan fingerprint density at radius 1 is 0.302 bits per heavy atom. The van der Waals surface area contributed by atoms with Crippen LogP contribution in [-0.2, 0) is 28.6 Å². The molecule has 0 aliphatic carbocycles. The smallest absolute Gasteiger partial charge is 0.306 e. The second-order valence-corrected chi connectivity index (χ2v) is 19.2. The van der Waals surface area contributed by atoms with Gasteiger partial charge in [-0.2, -0.15) is 0 Å². The third-order valence-electron chi connectivity index (χ3n) is 12.8. The Balaban J connectivity index is 4.33. The van der Waals surface area contributed by atoms with Crippen molar-refractivity contribution in [3.05, 3.63) is 12.2 Å². The fraction of sp³-hybridized carbons (Fsp3) is 0.912. The largest absolute Gasteiger partial charge is 0.462 e. The van der Waals surface area contributed by atoms with Gasteiger partial charge in [-0.15, -0.1) is 0 Å². The van der Waals surface area contributed by atoms with E-state index in [1.165, 1.54) is 212 Å². The van der Waals surface area contributed by atoms with Gasteiger partial charge in [0, 0.05) is 19.3 Å². The Morgan fingerprint density at radius 3 is 0.794 bits per heavy atom. The second-order valence-electron chi connectivity index (χ2n) is 19.2. The van der Waals surface area contributed by atoms with Gasteiger partial charge >= 0.3 is 17.9 Å². The maximum absolute atomic E-state index is 12.8. The minimum absolute atomic E-state index is 0.0666. The van der Waals surface area contributed by atoms with Crippen LogP contribution in [0.5, 0.6) is 0 Å². The van der Waals surface area contributed by atoms with Crippen LogP contribution >= 0.6 is 0 Å². The van der Waals surface area contributed by atoms with Crippen molar-refractivity contribution >= 4 is 17.9 Å². The maximum Gasteiger partial charge on any atom is 0.306 e. The van der Waals surface area contributed by atoms with Crippen LogP contribution in [0.4, 0.5) is 0 Å². The highest BCUT2D eigenvalue weighted by Gasteiger charge is 2.19. The molecule has 0 saturated carbocycles. The van der Waals surface area contributed by atoms with Crippen LogP contribution in [0.1, 0.15) is 316 Å². The average Bonchev–Trinajstić information content (AvgIpc) is 3.28. The lowest BCUT2D eigenvalue weighted by atomic mass is 10.0. The van der Waals surface area contributed by atoms with E-state index in [2.05, 4.69) is 32.9 Å². The van der Waals surface area contributed by atoms with E-state index in [4.69, 9.17) is 14.2 Å². The average molecular weight is 889 g/mol. The van der Waals surface area contributed by atoms with Gasteiger partial charge in [0.2, 0.25) is 0 Å². The summed E-state index contributed by atoms with van der Waals surface area (Å²) >= 11 is 0. The number of hydrogen-bond acceptors (Lipinski definition) is 6. The van der Waals surface area contributed by atoms with Gasteiger partial charge in [-0.1, -0.05) is 264 Å². The van der Waals surface area contributed by atoms with Crippen molar-refractivity contribution in [1.29, 1.82) is 0 Å². The number of carbonyl (C=O) groups excluding carboxylic acids is 3. The predicted octanol–water partition coefficient (Wildman–Crippen LogP) is 18.5. The first-order valence-electron chi connectivity index (χ1n) is 28.2. The first-order valence-corrected chi connectivity index (χ1v) is 28.2. The first kappa shape index (κ1) is 61.1. The number of unbranched alkanes of at least 4 members (excludes halogenated alkanes) is 39. The van der Waals surface area contributed by atoms with Gasteiger partial charge in [0.15, 0.2) is 6.10 Å². The van der Waals surface area contributed by atoms with Crippen molar-refractivity contribution in [3.8, 4) is 0 Å². The Labute approximate surface area is 392 Å². The SMILES string of the molecule is CCCCCCCCC=CCCCCCCCC(=O)OC[C@@H](COC(=O)CCCCCCCCCCCCCCCCC)OC(=O)CCCCCCCCCCCCCCCCC. The molecule has 0 spiro atoms. The summed E-state index contributed by atoms with van der Waals surface area (Å²) in [5, 5.41) is 0. The molecule has 6 heteroatoms. The third-order valence-corrected chi connectivity index (χ3v) is 12.8. The molecule has 0 aromatic rings. The minimum atomic E-state index is -0.767. The molecule has 0 rings (SSSR count). The lowest BCUT2D eigenvalue weighted by molar-refractivity contribution is -0.167. The number of allylic oxidation sites excluding steroid dienone is 2. The van der Waals surface area contributed by atoms with Crippen LogP contribution in [0.25, 0.3) is 0 Å². The van der Waals surface area contributed by atoms with Gasteiger partial charge in [-0.25, -0.2) is 0 Å². The van der Waals surface area contributed by atoms with Crippen molar-refractivity contribution in [2.45, 2.75) is 322 Å². The highest BCUT2D eigenvalue weighted by molar-refractivity contribution is 5.71. The van der Waals surface area contributed by atoms with E-state index in [1.54, 1.807) is 0 Å². The van der Waals surface area contributed by atoms with Gasteiger partial charge in [-0.3, -0.25) is 14.4 Å². The van der Waals surface area contributed by atoms with Crippen molar-refractivity contribution in [2.24, 2.45) is 0 Å². The number of ether oxygens (including phenoxy) is 3. The Bertz CT molecular complexity index is 978. The van der Waals surface area contributed by atoms with E-state index in [-0.39, 0.29) is 31.1 Å². The summed E-state index contributed by atoms with van der Waals surface area (Å²) < 4.78 is 16.9. The predicted molar refractivity (Wildman–Crippen MR) is 270 cm³/mol. The zero-order valence-corrected chi connectivity index (χ0v) is 42.6. The van der Waals surface area contributed by atoms with Gasteiger partial charge in [0.1, 0.15) is 13.2 Å². The molecule has 6 nitrogen and oxygen atoms in total. The summed E-state index contributed by atoms with van der Waals surface area (Å²) in [6.07, 6.45) is 59.1. The molecule has 0 bridgehead atoms. The second kappa shape index (κ2) is 52.8. The lowest BCUT2D eigenvalue weighted by Gasteiger charge is -2.18. The van der Waals surface area contributed by atoms with Crippen molar-refractivity contribution < 1.29 is 28.6 Å². The van der Waals surface area contributed by atoms with Crippen LogP contribution in [0.2, 0.25) is 0 Å². The van der Waals surface area contributed by atoms with E-state index in [0.29, 0.717) is 19.3 Å². The number of rotatable bonds is 52. The maximum atomic E-state index is 12.8. The topological polar surface area (TPSA) is 78.9 Å². The zero-order chi connectivity index (χ0) is 45.8. The summed E-state index contributed by atoms with van der Waals surface area (Å²) in [5.41, 5.74) is 0.